The van der Waals surface area contributed by atoms with Crippen LogP contribution in [0, 0.1) is 9.49 Å². The summed E-state index contributed by atoms with van der Waals surface area (Å²) in [7, 11) is 0. The van der Waals surface area contributed by atoms with Gasteiger partial charge in [0.1, 0.15) is 0 Å². The van der Waals surface area contributed by atoms with E-state index in [1.54, 1.807) is 18.2 Å². The quantitative estimate of drug-likeness (QED) is 0.653. The predicted octanol–water partition coefficient (Wildman–Crippen LogP) is 4.30. The van der Waals surface area contributed by atoms with Gasteiger partial charge < -0.3 is 10.2 Å². The second kappa shape index (κ2) is 7.87. The van der Waals surface area contributed by atoms with Crippen molar-refractivity contribution in [2.75, 3.05) is 11.9 Å². The second-order valence-corrected chi connectivity index (χ2v) is 7.50. The van der Waals surface area contributed by atoms with Crippen LogP contribution in [0.3, 0.4) is 0 Å². The number of rotatable bonds is 4. The van der Waals surface area contributed by atoms with Crippen molar-refractivity contribution in [3.8, 4) is 0 Å². The molecular weight excluding hydrogens is 472 g/mol. The SMILES string of the molecule is O=C(Nc1ccccc1I)C1CC(=O)N(Cc2cccc(C(F)(F)F)c2)C1. The smallest absolute Gasteiger partial charge is 0.338 e. The van der Waals surface area contributed by atoms with E-state index in [2.05, 4.69) is 27.9 Å². The molecule has 0 aliphatic carbocycles. The molecule has 1 atom stereocenters. The Morgan fingerprint density at radius 2 is 1.93 bits per heavy atom. The average Bonchev–Trinajstić information content (AvgIpc) is 2.97. The van der Waals surface area contributed by atoms with E-state index in [1.165, 1.54) is 11.0 Å². The number of para-hydroxylation sites is 1. The maximum absolute atomic E-state index is 12.8. The molecule has 0 radical (unpaired) electrons. The number of halogens is 4. The molecule has 27 heavy (non-hydrogen) atoms. The van der Waals surface area contributed by atoms with E-state index in [4.69, 9.17) is 0 Å². The minimum atomic E-state index is -4.43. The number of benzene rings is 2. The maximum Gasteiger partial charge on any atom is 0.416 e. The lowest BCUT2D eigenvalue weighted by Gasteiger charge is -2.18. The van der Waals surface area contributed by atoms with Gasteiger partial charge in [0.25, 0.3) is 0 Å². The van der Waals surface area contributed by atoms with Crippen molar-refractivity contribution in [3.63, 3.8) is 0 Å². The zero-order valence-corrected chi connectivity index (χ0v) is 16.3. The molecule has 0 bridgehead atoms. The van der Waals surface area contributed by atoms with E-state index in [0.29, 0.717) is 11.3 Å². The summed E-state index contributed by atoms with van der Waals surface area (Å²) in [6, 6.07) is 12.2. The number of likely N-dealkylation sites (tertiary alicyclic amines) is 1. The van der Waals surface area contributed by atoms with Crippen molar-refractivity contribution in [1.29, 1.82) is 0 Å². The number of hydrogen-bond acceptors (Lipinski definition) is 2. The van der Waals surface area contributed by atoms with Crippen molar-refractivity contribution in [2.24, 2.45) is 5.92 Å². The van der Waals surface area contributed by atoms with E-state index < -0.39 is 17.7 Å². The Balaban J connectivity index is 1.65. The third-order valence-corrected chi connectivity index (χ3v) is 5.29. The number of anilines is 1. The molecular formula is C19H16F3IN2O2. The van der Waals surface area contributed by atoms with E-state index in [9.17, 15) is 22.8 Å². The monoisotopic (exact) mass is 488 g/mol. The van der Waals surface area contributed by atoms with Crippen LogP contribution in [0.1, 0.15) is 17.5 Å². The number of nitrogens with one attached hydrogen (secondary N) is 1. The Kier molecular flexibility index (Phi) is 5.73. The molecule has 4 nitrogen and oxygen atoms in total. The molecule has 2 aromatic rings. The van der Waals surface area contributed by atoms with Gasteiger partial charge in [-0.1, -0.05) is 24.3 Å². The lowest BCUT2D eigenvalue weighted by atomic mass is 10.1. The first-order valence-corrected chi connectivity index (χ1v) is 9.31. The number of hydrogen-bond donors (Lipinski definition) is 1. The van der Waals surface area contributed by atoms with Crippen LogP contribution in [0.25, 0.3) is 0 Å². The fourth-order valence-corrected chi connectivity index (χ4v) is 3.49. The Bertz CT molecular complexity index is 870. The van der Waals surface area contributed by atoms with Crippen LogP contribution in [0.2, 0.25) is 0 Å². The summed E-state index contributed by atoms with van der Waals surface area (Å²) in [4.78, 5) is 26.1. The molecule has 142 valence electrons. The van der Waals surface area contributed by atoms with Crippen LogP contribution < -0.4 is 5.32 Å². The first-order valence-electron chi connectivity index (χ1n) is 8.23. The van der Waals surface area contributed by atoms with Gasteiger partial charge in [-0.15, -0.1) is 0 Å². The van der Waals surface area contributed by atoms with Gasteiger partial charge in [-0.3, -0.25) is 9.59 Å². The summed E-state index contributed by atoms with van der Waals surface area (Å²) in [6.07, 6.45) is -4.38. The zero-order chi connectivity index (χ0) is 19.6. The molecule has 8 heteroatoms. The molecule has 1 aliphatic heterocycles. The average molecular weight is 488 g/mol. The number of carbonyl (C=O) groups is 2. The molecule has 0 aromatic heterocycles. The molecule has 2 aromatic carbocycles. The summed E-state index contributed by atoms with van der Waals surface area (Å²) < 4.78 is 39.4. The van der Waals surface area contributed by atoms with E-state index in [0.717, 1.165) is 15.7 Å². The van der Waals surface area contributed by atoms with E-state index in [-0.39, 0.29) is 31.3 Å². The van der Waals surface area contributed by atoms with Gasteiger partial charge in [0.2, 0.25) is 11.8 Å². The highest BCUT2D eigenvalue weighted by molar-refractivity contribution is 14.1. The lowest BCUT2D eigenvalue weighted by molar-refractivity contribution is -0.137. The van der Waals surface area contributed by atoms with Gasteiger partial charge >= 0.3 is 6.18 Å². The summed E-state index contributed by atoms with van der Waals surface area (Å²) in [5.74, 6) is -1.03. The fourth-order valence-electron chi connectivity index (χ4n) is 2.96. The Labute approximate surface area is 167 Å². The van der Waals surface area contributed by atoms with Crippen molar-refractivity contribution in [3.05, 3.63) is 63.2 Å². The highest BCUT2D eigenvalue weighted by Crippen LogP contribution is 2.30. The van der Waals surface area contributed by atoms with Gasteiger partial charge in [0.05, 0.1) is 17.2 Å². The third kappa shape index (κ3) is 4.79. The van der Waals surface area contributed by atoms with Gasteiger partial charge in [-0.25, -0.2) is 0 Å². The molecule has 1 aliphatic rings. The van der Waals surface area contributed by atoms with Crippen molar-refractivity contribution in [2.45, 2.75) is 19.1 Å². The highest BCUT2D eigenvalue weighted by Gasteiger charge is 2.35. The molecule has 0 saturated carbocycles. The summed E-state index contributed by atoms with van der Waals surface area (Å²) in [5, 5.41) is 2.81. The Hall–Kier alpha value is -2.10. The molecule has 1 saturated heterocycles. The molecule has 1 fully saturated rings. The van der Waals surface area contributed by atoms with E-state index in [1.807, 2.05) is 12.1 Å². The predicted molar refractivity (Wildman–Crippen MR) is 103 cm³/mol. The summed E-state index contributed by atoms with van der Waals surface area (Å²) in [6.45, 7) is 0.236. The van der Waals surface area contributed by atoms with E-state index >= 15 is 0 Å². The van der Waals surface area contributed by atoms with Crippen LogP contribution in [0.4, 0.5) is 18.9 Å². The first kappa shape index (κ1) is 19.7. The normalized spacial score (nSPS) is 17.3. The highest BCUT2D eigenvalue weighted by atomic mass is 127. The maximum atomic E-state index is 12.8. The Morgan fingerprint density at radius 3 is 2.63 bits per heavy atom. The minimum absolute atomic E-state index is 0.0498. The minimum Gasteiger partial charge on any atom is -0.338 e. The standard InChI is InChI=1S/C19H16F3IN2O2/c20-19(21,22)14-5-3-4-12(8-14)10-25-11-13(9-17(25)26)18(27)24-16-7-2-1-6-15(16)23/h1-8,13H,9-11H2,(H,24,27). The molecule has 0 spiro atoms. The lowest BCUT2D eigenvalue weighted by Crippen LogP contribution is -2.28. The Morgan fingerprint density at radius 1 is 1.19 bits per heavy atom. The molecule has 1 N–H and O–H groups in total. The van der Waals surface area contributed by atoms with Crippen LogP contribution in [0.5, 0.6) is 0 Å². The zero-order valence-electron chi connectivity index (χ0n) is 14.1. The van der Waals surface area contributed by atoms with Crippen molar-refractivity contribution >= 4 is 40.1 Å². The van der Waals surface area contributed by atoms with Crippen LogP contribution in [-0.2, 0) is 22.3 Å². The van der Waals surface area contributed by atoms with Crippen LogP contribution in [0.15, 0.2) is 48.5 Å². The topological polar surface area (TPSA) is 49.4 Å². The second-order valence-electron chi connectivity index (χ2n) is 6.34. The van der Waals surface area contributed by atoms with Crippen LogP contribution in [-0.4, -0.2) is 23.3 Å². The number of amides is 2. The largest absolute Gasteiger partial charge is 0.416 e. The number of carbonyl (C=O) groups excluding carboxylic acids is 2. The van der Waals surface area contributed by atoms with Gasteiger partial charge in [0.15, 0.2) is 0 Å². The fraction of sp³-hybridized carbons (Fsp3) is 0.263. The van der Waals surface area contributed by atoms with Gasteiger partial charge in [0, 0.05) is 23.1 Å². The summed E-state index contributed by atoms with van der Waals surface area (Å²) in [5.41, 5.74) is 0.309. The number of nitrogens with zero attached hydrogens (tertiary/aromatic N) is 1. The number of alkyl halides is 3. The molecule has 1 unspecified atom stereocenters. The first-order chi connectivity index (χ1) is 12.7. The molecule has 3 rings (SSSR count). The summed E-state index contributed by atoms with van der Waals surface area (Å²) >= 11 is 2.11. The van der Waals surface area contributed by atoms with Crippen LogP contribution >= 0.6 is 22.6 Å². The van der Waals surface area contributed by atoms with Crippen molar-refractivity contribution in [1.82, 2.24) is 4.90 Å². The molecule has 1 heterocycles. The van der Waals surface area contributed by atoms with Gasteiger partial charge in [-0.2, -0.15) is 13.2 Å². The molecule has 2 amide bonds. The third-order valence-electron chi connectivity index (χ3n) is 4.34. The van der Waals surface area contributed by atoms with Gasteiger partial charge in [-0.05, 0) is 52.4 Å². The van der Waals surface area contributed by atoms with Crippen molar-refractivity contribution < 1.29 is 22.8 Å².